The molecule has 0 saturated heterocycles. The van der Waals surface area contributed by atoms with E-state index in [9.17, 15) is 19.5 Å². The molecule has 1 aliphatic rings. The van der Waals surface area contributed by atoms with Crippen molar-refractivity contribution in [2.24, 2.45) is 0 Å². The van der Waals surface area contributed by atoms with Gasteiger partial charge in [-0.15, -0.1) is 0 Å². The molecule has 1 aromatic heterocycles. The van der Waals surface area contributed by atoms with Crippen LogP contribution in [0.5, 0.6) is 5.75 Å². The molecule has 3 aromatic rings. The number of para-hydroxylation sites is 2. The molecular formula is C24H21N3O4. The number of hydrogen-bond acceptors (Lipinski definition) is 5. The Labute approximate surface area is 179 Å². The van der Waals surface area contributed by atoms with E-state index < -0.39 is 11.8 Å². The molecule has 3 amide bonds. The minimum Gasteiger partial charge on any atom is -0.506 e. The lowest BCUT2D eigenvalue weighted by Gasteiger charge is -2.23. The molecule has 7 heteroatoms. The first-order chi connectivity index (χ1) is 14.9. The lowest BCUT2D eigenvalue weighted by atomic mass is 10.0. The number of fused-ring (bicyclic) bond motifs is 1. The van der Waals surface area contributed by atoms with Gasteiger partial charge >= 0.3 is 0 Å². The molecular weight excluding hydrogens is 394 g/mol. The van der Waals surface area contributed by atoms with Crippen molar-refractivity contribution in [1.29, 1.82) is 0 Å². The topological polar surface area (TPSA) is 90.8 Å². The van der Waals surface area contributed by atoms with Gasteiger partial charge in [-0.2, -0.15) is 0 Å². The number of phenols is 1. The molecule has 156 valence electrons. The van der Waals surface area contributed by atoms with Gasteiger partial charge < -0.3 is 5.11 Å². The van der Waals surface area contributed by atoms with Crippen LogP contribution >= 0.6 is 0 Å². The van der Waals surface area contributed by atoms with E-state index in [0.29, 0.717) is 11.4 Å². The predicted molar refractivity (Wildman–Crippen MR) is 115 cm³/mol. The molecule has 0 atom stereocenters. The average Bonchev–Trinajstić information content (AvgIpc) is 3.02. The summed E-state index contributed by atoms with van der Waals surface area (Å²) in [4.78, 5) is 45.6. The summed E-state index contributed by atoms with van der Waals surface area (Å²) >= 11 is 0. The highest BCUT2D eigenvalue weighted by Crippen LogP contribution is 2.31. The molecule has 0 spiro atoms. The van der Waals surface area contributed by atoms with Crippen LogP contribution in [0.4, 0.5) is 5.69 Å². The molecule has 1 N–H and O–H groups in total. The number of imide groups is 1. The molecule has 7 nitrogen and oxygen atoms in total. The first-order valence-electron chi connectivity index (χ1n) is 9.90. The third-order valence-corrected chi connectivity index (χ3v) is 5.15. The van der Waals surface area contributed by atoms with Gasteiger partial charge in [0.25, 0.3) is 17.7 Å². The van der Waals surface area contributed by atoms with Crippen molar-refractivity contribution >= 4 is 23.4 Å². The normalized spacial score (nSPS) is 12.9. The summed E-state index contributed by atoms with van der Waals surface area (Å²) in [6.07, 6.45) is 1.63. The van der Waals surface area contributed by atoms with E-state index in [1.54, 1.807) is 50.4 Å². The molecule has 0 saturated carbocycles. The van der Waals surface area contributed by atoms with Gasteiger partial charge in [0.2, 0.25) is 0 Å². The van der Waals surface area contributed by atoms with Crippen molar-refractivity contribution in [3.05, 3.63) is 89.2 Å². The lowest BCUT2D eigenvalue weighted by Crippen LogP contribution is -2.35. The van der Waals surface area contributed by atoms with Crippen LogP contribution < -0.4 is 4.90 Å². The van der Waals surface area contributed by atoms with E-state index in [1.807, 2.05) is 6.07 Å². The minimum absolute atomic E-state index is 0.0508. The van der Waals surface area contributed by atoms with E-state index in [-0.39, 0.29) is 40.9 Å². The van der Waals surface area contributed by atoms with Crippen molar-refractivity contribution in [2.45, 2.75) is 26.4 Å². The van der Waals surface area contributed by atoms with E-state index >= 15 is 0 Å². The summed E-state index contributed by atoms with van der Waals surface area (Å²) in [5.74, 6) is -1.24. The molecule has 0 aliphatic carbocycles. The lowest BCUT2D eigenvalue weighted by molar-refractivity contribution is 0.0609. The number of aromatic nitrogens is 1. The molecule has 0 radical (unpaired) electrons. The second-order valence-corrected chi connectivity index (χ2v) is 7.54. The summed E-state index contributed by atoms with van der Waals surface area (Å²) in [5.41, 5.74) is 1.70. The van der Waals surface area contributed by atoms with Gasteiger partial charge in [0.15, 0.2) is 0 Å². The summed E-state index contributed by atoms with van der Waals surface area (Å²) in [6.45, 7) is 3.65. The van der Waals surface area contributed by atoms with Crippen molar-refractivity contribution in [1.82, 2.24) is 9.88 Å². The zero-order valence-electron chi connectivity index (χ0n) is 17.1. The smallest absolute Gasteiger partial charge is 0.261 e. The van der Waals surface area contributed by atoms with Gasteiger partial charge in [0, 0.05) is 17.8 Å². The van der Waals surface area contributed by atoms with Gasteiger partial charge in [-0.25, -0.2) is 0 Å². The zero-order chi connectivity index (χ0) is 22.1. The molecule has 0 fully saturated rings. The number of hydrogen-bond donors (Lipinski definition) is 1. The number of anilines is 1. The van der Waals surface area contributed by atoms with Crippen LogP contribution in [-0.4, -0.2) is 38.8 Å². The van der Waals surface area contributed by atoms with Gasteiger partial charge in [0.05, 0.1) is 29.1 Å². The number of benzene rings is 2. The zero-order valence-corrected chi connectivity index (χ0v) is 17.1. The third kappa shape index (κ3) is 3.66. The number of amides is 3. The predicted octanol–water partition coefficient (Wildman–Crippen LogP) is 3.64. The summed E-state index contributed by atoms with van der Waals surface area (Å²) in [5, 5.41) is 10.4. The van der Waals surface area contributed by atoms with E-state index in [1.165, 1.54) is 34.1 Å². The van der Waals surface area contributed by atoms with Crippen LogP contribution in [0.15, 0.2) is 66.9 Å². The quantitative estimate of drug-likeness (QED) is 0.643. The van der Waals surface area contributed by atoms with Gasteiger partial charge in [-0.05, 0) is 56.3 Å². The second-order valence-electron chi connectivity index (χ2n) is 7.54. The van der Waals surface area contributed by atoms with Crippen molar-refractivity contribution in [3.63, 3.8) is 0 Å². The van der Waals surface area contributed by atoms with Gasteiger partial charge in [-0.3, -0.25) is 29.2 Å². The Morgan fingerprint density at radius 3 is 2.39 bits per heavy atom. The highest BCUT2D eigenvalue weighted by atomic mass is 16.3. The Balaban J connectivity index is 1.74. The molecule has 0 bridgehead atoms. The Morgan fingerprint density at radius 2 is 1.71 bits per heavy atom. The molecule has 2 aromatic carbocycles. The number of pyridine rings is 1. The molecule has 0 unspecified atom stereocenters. The summed E-state index contributed by atoms with van der Waals surface area (Å²) in [6, 6.07) is 16.1. The van der Waals surface area contributed by atoms with Crippen LogP contribution in [0.1, 0.15) is 50.6 Å². The summed E-state index contributed by atoms with van der Waals surface area (Å²) < 4.78 is 0. The van der Waals surface area contributed by atoms with Crippen LogP contribution in [0, 0.1) is 0 Å². The summed E-state index contributed by atoms with van der Waals surface area (Å²) in [7, 11) is 0. The van der Waals surface area contributed by atoms with Crippen molar-refractivity contribution < 1.29 is 19.5 Å². The first kappa shape index (κ1) is 20.3. The number of carbonyl (C=O) groups excluding carboxylic acids is 3. The largest absolute Gasteiger partial charge is 0.506 e. The van der Waals surface area contributed by atoms with E-state index in [4.69, 9.17) is 0 Å². The first-order valence-corrected chi connectivity index (χ1v) is 9.90. The van der Waals surface area contributed by atoms with Gasteiger partial charge in [-0.1, -0.05) is 18.2 Å². The Kier molecular flexibility index (Phi) is 5.25. The number of aromatic hydroxyl groups is 1. The molecule has 31 heavy (non-hydrogen) atoms. The number of carbonyl (C=O) groups is 3. The third-order valence-electron chi connectivity index (χ3n) is 5.15. The van der Waals surface area contributed by atoms with Crippen molar-refractivity contribution in [2.75, 3.05) is 4.90 Å². The number of phenolic OH excluding ortho intramolecular Hbond substituents is 1. The van der Waals surface area contributed by atoms with E-state index in [2.05, 4.69) is 4.98 Å². The van der Waals surface area contributed by atoms with Crippen LogP contribution in [-0.2, 0) is 6.54 Å². The average molecular weight is 415 g/mol. The fourth-order valence-electron chi connectivity index (χ4n) is 3.63. The Morgan fingerprint density at radius 1 is 1.00 bits per heavy atom. The monoisotopic (exact) mass is 415 g/mol. The van der Waals surface area contributed by atoms with Crippen molar-refractivity contribution in [3.8, 4) is 5.75 Å². The molecule has 4 rings (SSSR count). The standard InChI is InChI=1S/C24H21N3O4/c1-15(2)27-23(30)18-11-10-16(13-19(18)24(27)31)22(29)26(14-17-7-5-6-12-25-17)20-8-3-4-9-21(20)28/h3-13,15,28H,14H2,1-2H3. The maximum Gasteiger partial charge on any atom is 0.261 e. The molecule has 1 aliphatic heterocycles. The maximum absolute atomic E-state index is 13.5. The van der Waals surface area contributed by atoms with Gasteiger partial charge in [0.1, 0.15) is 5.75 Å². The van der Waals surface area contributed by atoms with Crippen LogP contribution in [0.2, 0.25) is 0 Å². The fourth-order valence-corrected chi connectivity index (χ4v) is 3.63. The Bertz CT molecular complexity index is 1170. The SMILES string of the molecule is CC(C)N1C(=O)c2ccc(C(=O)N(Cc3ccccn3)c3ccccc3O)cc2C1=O. The maximum atomic E-state index is 13.5. The highest BCUT2D eigenvalue weighted by Gasteiger charge is 2.37. The number of nitrogens with zero attached hydrogens (tertiary/aromatic N) is 3. The highest BCUT2D eigenvalue weighted by molar-refractivity contribution is 6.22. The van der Waals surface area contributed by atoms with Crippen LogP contribution in [0.3, 0.4) is 0 Å². The second kappa shape index (κ2) is 8.02. The number of rotatable bonds is 5. The Hall–Kier alpha value is -4.00. The molecule has 2 heterocycles. The van der Waals surface area contributed by atoms with E-state index in [0.717, 1.165) is 0 Å². The van der Waals surface area contributed by atoms with Crippen LogP contribution in [0.25, 0.3) is 0 Å². The minimum atomic E-state index is -0.418. The fraction of sp³-hybridized carbons (Fsp3) is 0.167.